The molecule has 0 aliphatic rings. The van der Waals surface area contributed by atoms with Crippen LogP contribution in [0, 0.1) is 0 Å². The number of aromatic nitrogens is 3. The number of nitrogens with zero attached hydrogens (tertiary/aromatic N) is 3. The molecule has 5 nitrogen and oxygen atoms in total. The molecular formula is C12H12BrClN4O. The maximum absolute atomic E-state index is 11.9. The molecule has 7 heteroatoms. The van der Waals surface area contributed by atoms with E-state index in [4.69, 9.17) is 11.6 Å². The van der Waals surface area contributed by atoms with E-state index in [9.17, 15) is 4.79 Å². The highest BCUT2D eigenvalue weighted by atomic mass is 79.9. The summed E-state index contributed by atoms with van der Waals surface area (Å²) in [6.45, 7) is 2.14. The highest BCUT2D eigenvalue weighted by molar-refractivity contribution is 9.10. The summed E-state index contributed by atoms with van der Waals surface area (Å²) in [5.41, 5.74) is 0.865. The minimum Gasteiger partial charge on any atom is -0.350 e. The van der Waals surface area contributed by atoms with Gasteiger partial charge in [0.1, 0.15) is 18.7 Å². The SMILES string of the molecule is C[C@H](C(=O)NCc1ccc(Br)cc1Cl)n1cncn1. The van der Waals surface area contributed by atoms with Crippen LogP contribution in [0.15, 0.2) is 35.3 Å². The summed E-state index contributed by atoms with van der Waals surface area (Å²) in [5.74, 6) is -0.135. The summed E-state index contributed by atoms with van der Waals surface area (Å²) < 4.78 is 2.40. The summed E-state index contributed by atoms with van der Waals surface area (Å²) in [7, 11) is 0. The van der Waals surface area contributed by atoms with Gasteiger partial charge in [-0.25, -0.2) is 9.67 Å². The molecule has 0 bridgehead atoms. The van der Waals surface area contributed by atoms with E-state index < -0.39 is 6.04 Å². The molecule has 0 saturated carbocycles. The summed E-state index contributed by atoms with van der Waals surface area (Å²) in [5, 5.41) is 7.37. The fourth-order valence-corrected chi connectivity index (χ4v) is 2.27. The maximum atomic E-state index is 11.9. The number of hydrogen-bond acceptors (Lipinski definition) is 3. The molecule has 1 atom stereocenters. The second kappa shape index (κ2) is 6.16. The summed E-state index contributed by atoms with van der Waals surface area (Å²) in [6, 6.07) is 5.14. The van der Waals surface area contributed by atoms with Crippen molar-refractivity contribution < 1.29 is 4.79 Å². The standard InChI is InChI=1S/C12H12BrClN4O/c1-8(18-7-15-6-17-18)12(19)16-5-9-2-3-10(13)4-11(9)14/h2-4,6-8H,5H2,1H3,(H,16,19)/t8-/m1/s1. The van der Waals surface area contributed by atoms with Gasteiger partial charge < -0.3 is 5.32 Å². The lowest BCUT2D eigenvalue weighted by molar-refractivity contribution is -0.124. The van der Waals surface area contributed by atoms with Crippen molar-refractivity contribution in [1.82, 2.24) is 20.1 Å². The van der Waals surface area contributed by atoms with E-state index in [1.807, 2.05) is 12.1 Å². The number of carbonyl (C=O) groups is 1. The maximum Gasteiger partial charge on any atom is 0.244 e. The highest BCUT2D eigenvalue weighted by Crippen LogP contribution is 2.21. The number of carbonyl (C=O) groups excluding carboxylic acids is 1. The Kier molecular flexibility index (Phi) is 4.55. The molecule has 0 radical (unpaired) electrons. The second-order valence-electron chi connectivity index (χ2n) is 4.01. The fraction of sp³-hybridized carbons (Fsp3) is 0.250. The van der Waals surface area contributed by atoms with Crippen LogP contribution >= 0.6 is 27.5 Å². The van der Waals surface area contributed by atoms with E-state index in [1.165, 1.54) is 17.3 Å². The van der Waals surface area contributed by atoms with Crippen LogP contribution in [0.4, 0.5) is 0 Å². The normalized spacial score (nSPS) is 12.2. The van der Waals surface area contributed by atoms with E-state index in [0.717, 1.165) is 10.0 Å². The lowest BCUT2D eigenvalue weighted by atomic mass is 10.2. The average molecular weight is 344 g/mol. The molecule has 0 aliphatic heterocycles. The van der Waals surface area contributed by atoms with Crippen LogP contribution in [-0.4, -0.2) is 20.7 Å². The van der Waals surface area contributed by atoms with Gasteiger partial charge in [-0.2, -0.15) is 5.10 Å². The van der Waals surface area contributed by atoms with E-state index in [1.54, 1.807) is 13.0 Å². The van der Waals surface area contributed by atoms with Gasteiger partial charge in [0.25, 0.3) is 0 Å². The lowest BCUT2D eigenvalue weighted by Gasteiger charge is -2.12. The molecule has 0 saturated heterocycles. The molecule has 1 N–H and O–H groups in total. The first-order chi connectivity index (χ1) is 9.08. The van der Waals surface area contributed by atoms with E-state index in [2.05, 4.69) is 31.3 Å². The van der Waals surface area contributed by atoms with Gasteiger partial charge in [0.15, 0.2) is 0 Å². The van der Waals surface area contributed by atoms with Gasteiger partial charge in [0.2, 0.25) is 5.91 Å². The molecule has 0 unspecified atom stereocenters. The van der Waals surface area contributed by atoms with Gasteiger partial charge in [-0.05, 0) is 24.6 Å². The van der Waals surface area contributed by atoms with Crippen molar-refractivity contribution in [3.63, 3.8) is 0 Å². The van der Waals surface area contributed by atoms with Crippen LogP contribution in [0.3, 0.4) is 0 Å². The first-order valence-corrected chi connectivity index (χ1v) is 6.81. The summed E-state index contributed by atoms with van der Waals surface area (Å²) >= 11 is 9.42. The summed E-state index contributed by atoms with van der Waals surface area (Å²) in [6.07, 6.45) is 2.91. The predicted octanol–water partition coefficient (Wildman–Crippen LogP) is 2.57. The molecule has 1 aromatic carbocycles. The monoisotopic (exact) mass is 342 g/mol. The van der Waals surface area contributed by atoms with Crippen molar-refractivity contribution in [3.05, 3.63) is 45.9 Å². The molecule has 0 aliphatic carbocycles. The van der Waals surface area contributed by atoms with E-state index in [-0.39, 0.29) is 5.91 Å². The van der Waals surface area contributed by atoms with Crippen LogP contribution in [0.2, 0.25) is 5.02 Å². The molecule has 1 heterocycles. The van der Waals surface area contributed by atoms with Crippen molar-refractivity contribution >= 4 is 33.4 Å². The molecule has 1 aromatic heterocycles. The van der Waals surface area contributed by atoms with Gasteiger partial charge in [-0.15, -0.1) is 0 Å². The molecule has 2 rings (SSSR count). The third kappa shape index (κ3) is 3.54. The smallest absolute Gasteiger partial charge is 0.244 e. The third-order valence-corrected chi connectivity index (χ3v) is 3.53. The Morgan fingerprint density at radius 2 is 2.37 bits per heavy atom. The molecule has 100 valence electrons. The van der Waals surface area contributed by atoms with Gasteiger partial charge >= 0.3 is 0 Å². The van der Waals surface area contributed by atoms with Gasteiger partial charge in [-0.1, -0.05) is 33.6 Å². The molecule has 0 spiro atoms. The van der Waals surface area contributed by atoms with Gasteiger partial charge in [0.05, 0.1) is 0 Å². The van der Waals surface area contributed by atoms with Crippen LogP contribution < -0.4 is 5.32 Å². The number of rotatable bonds is 4. The minimum atomic E-state index is -0.406. The Bertz CT molecular complexity index is 573. The van der Waals surface area contributed by atoms with Crippen molar-refractivity contribution in [2.45, 2.75) is 19.5 Å². The van der Waals surface area contributed by atoms with Crippen molar-refractivity contribution in [2.24, 2.45) is 0 Å². The first kappa shape index (κ1) is 14.0. The van der Waals surface area contributed by atoms with E-state index >= 15 is 0 Å². The lowest BCUT2D eigenvalue weighted by Crippen LogP contribution is -2.30. The molecule has 2 aromatic rings. The van der Waals surface area contributed by atoms with Crippen molar-refractivity contribution in [3.8, 4) is 0 Å². The van der Waals surface area contributed by atoms with Crippen LogP contribution in [-0.2, 0) is 11.3 Å². The number of nitrogens with one attached hydrogen (secondary N) is 1. The molecule has 19 heavy (non-hydrogen) atoms. The van der Waals surface area contributed by atoms with Crippen molar-refractivity contribution in [1.29, 1.82) is 0 Å². The van der Waals surface area contributed by atoms with Crippen LogP contribution in [0.25, 0.3) is 0 Å². The topological polar surface area (TPSA) is 59.8 Å². The fourth-order valence-electron chi connectivity index (χ4n) is 1.53. The number of benzene rings is 1. The Hall–Kier alpha value is -1.40. The highest BCUT2D eigenvalue weighted by Gasteiger charge is 2.15. The average Bonchev–Trinajstić information content (AvgIpc) is 2.90. The largest absolute Gasteiger partial charge is 0.350 e. The Morgan fingerprint density at radius 3 is 3.00 bits per heavy atom. The Balaban J connectivity index is 1.97. The zero-order valence-electron chi connectivity index (χ0n) is 10.2. The van der Waals surface area contributed by atoms with Crippen molar-refractivity contribution in [2.75, 3.05) is 0 Å². The summed E-state index contributed by atoms with van der Waals surface area (Å²) in [4.78, 5) is 15.8. The van der Waals surface area contributed by atoms with Crippen LogP contribution in [0.5, 0.6) is 0 Å². The third-order valence-electron chi connectivity index (χ3n) is 2.68. The zero-order chi connectivity index (χ0) is 13.8. The minimum absolute atomic E-state index is 0.135. The number of halogens is 2. The van der Waals surface area contributed by atoms with E-state index in [0.29, 0.717) is 11.6 Å². The Labute approximate surface area is 124 Å². The number of hydrogen-bond donors (Lipinski definition) is 1. The van der Waals surface area contributed by atoms with Gasteiger partial charge in [-0.3, -0.25) is 4.79 Å². The number of amides is 1. The molecule has 0 fully saturated rings. The zero-order valence-corrected chi connectivity index (χ0v) is 12.5. The van der Waals surface area contributed by atoms with Gasteiger partial charge in [0, 0.05) is 16.0 Å². The molecule has 1 amide bonds. The quantitative estimate of drug-likeness (QED) is 0.928. The Morgan fingerprint density at radius 1 is 1.58 bits per heavy atom. The second-order valence-corrected chi connectivity index (χ2v) is 5.33. The van der Waals surface area contributed by atoms with Crippen LogP contribution in [0.1, 0.15) is 18.5 Å². The molecular weight excluding hydrogens is 332 g/mol. The predicted molar refractivity (Wildman–Crippen MR) is 75.7 cm³/mol. The first-order valence-electron chi connectivity index (χ1n) is 5.63.